The number of hydrogen-bond acceptors (Lipinski definition) is 12. The third kappa shape index (κ3) is 6.29. The van der Waals surface area contributed by atoms with Gasteiger partial charge in [-0.1, -0.05) is 19.9 Å². The Hall–Kier alpha value is -1.58. The van der Waals surface area contributed by atoms with E-state index >= 15 is 0 Å². The normalized spacial score (nSPS) is 37.7. The van der Waals surface area contributed by atoms with E-state index in [0.29, 0.717) is 44.5 Å². The highest BCUT2D eigenvalue weighted by atomic mass is 16.6. The van der Waals surface area contributed by atoms with Crippen molar-refractivity contribution < 1.29 is 19.7 Å². The molecule has 0 spiro atoms. The predicted octanol–water partition coefficient (Wildman–Crippen LogP) is 0.483. The van der Waals surface area contributed by atoms with Gasteiger partial charge >= 0.3 is 0 Å². The zero-order valence-electron chi connectivity index (χ0n) is 26.4. The second-order valence-electron chi connectivity index (χ2n) is 14.3. The van der Waals surface area contributed by atoms with E-state index in [-0.39, 0.29) is 30.0 Å². The molecule has 4 heterocycles. The van der Waals surface area contributed by atoms with Gasteiger partial charge in [-0.2, -0.15) is 0 Å². The standard InChI is InChI=1S/C31H54N8O4/c1-17(2)38(13-23-26(40)27(41)30(43-23)39-16-35-25-28(32)33-15-34-29(25)39)20-10-18(11-20)6-9-24-36-21-8-7-19(12-22(21)37-24)31(3,4)14-42-5/h7-8,12,17-18,20,23-30,33-37,40-41H,6,9-11,13-16,32H2,1-5H3/t18-,20-,23-,24?,25?,26-,27-,28?,29?,30?/m1/s1. The van der Waals surface area contributed by atoms with Crippen LogP contribution < -0.4 is 32.3 Å². The Morgan fingerprint density at radius 2 is 1.86 bits per heavy atom. The Morgan fingerprint density at radius 1 is 1.09 bits per heavy atom. The quantitative estimate of drug-likeness (QED) is 0.178. The lowest BCUT2D eigenvalue weighted by Crippen LogP contribution is -2.68. The molecule has 1 aromatic carbocycles. The molecule has 0 amide bonds. The van der Waals surface area contributed by atoms with E-state index in [1.807, 2.05) is 0 Å². The second-order valence-corrected chi connectivity index (χ2v) is 14.3. The molecule has 5 unspecified atom stereocenters. The summed E-state index contributed by atoms with van der Waals surface area (Å²) >= 11 is 0. The van der Waals surface area contributed by atoms with Crippen molar-refractivity contribution in [2.75, 3.05) is 44.2 Å². The molecule has 43 heavy (non-hydrogen) atoms. The van der Waals surface area contributed by atoms with Crippen LogP contribution in [0.3, 0.4) is 0 Å². The van der Waals surface area contributed by atoms with Gasteiger partial charge in [-0.3, -0.25) is 20.9 Å². The van der Waals surface area contributed by atoms with E-state index in [4.69, 9.17) is 15.2 Å². The maximum absolute atomic E-state index is 11.0. The van der Waals surface area contributed by atoms with Gasteiger partial charge in [0.05, 0.1) is 49.2 Å². The number of nitrogens with one attached hydrogen (secondary N) is 5. The minimum atomic E-state index is -0.973. The van der Waals surface area contributed by atoms with Crippen LogP contribution >= 0.6 is 0 Å². The zero-order valence-corrected chi connectivity index (χ0v) is 26.4. The van der Waals surface area contributed by atoms with E-state index < -0.39 is 24.5 Å². The van der Waals surface area contributed by atoms with Crippen molar-refractivity contribution in [3.8, 4) is 0 Å². The highest BCUT2D eigenvalue weighted by molar-refractivity contribution is 5.75. The molecule has 1 aliphatic carbocycles. The Labute approximate surface area is 256 Å². The van der Waals surface area contributed by atoms with E-state index in [1.54, 1.807) is 7.11 Å². The molecule has 5 aliphatic rings. The number of aliphatic hydroxyl groups is 2. The zero-order chi connectivity index (χ0) is 30.5. The second kappa shape index (κ2) is 12.7. The molecule has 0 aromatic heterocycles. The fraction of sp³-hybridized carbons (Fsp3) is 0.806. The predicted molar refractivity (Wildman–Crippen MR) is 167 cm³/mol. The Bertz CT molecular complexity index is 1100. The van der Waals surface area contributed by atoms with Crippen LogP contribution in [0, 0.1) is 5.92 Å². The minimum absolute atomic E-state index is 0.00845. The van der Waals surface area contributed by atoms with Gasteiger partial charge in [-0.05, 0) is 63.1 Å². The largest absolute Gasteiger partial charge is 0.387 e. The van der Waals surface area contributed by atoms with E-state index in [0.717, 1.165) is 19.3 Å². The number of ether oxygens (including phenoxy) is 2. The molecule has 8 atom stereocenters. The highest BCUT2D eigenvalue weighted by Crippen LogP contribution is 2.40. The summed E-state index contributed by atoms with van der Waals surface area (Å²) in [5.41, 5.74) is 9.84. The van der Waals surface area contributed by atoms with Gasteiger partial charge in [0.2, 0.25) is 0 Å². The molecule has 242 valence electrons. The van der Waals surface area contributed by atoms with Crippen LogP contribution in [-0.4, -0.2) is 115 Å². The maximum Gasteiger partial charge on any atom is 0.142 e. The first-order valence-corrected chi connectivity index (χ1v) is 16.2. The summed E-state index contributed by atoms with van der Waals surface area (Å²) < 4.78 is 11.8. The number of anilines is 2. The number of methoxy groups -OCH3 is 1. The summed E-state index contributed by atoms with van der Waals surface area (Å²) in [5, 5.41) is 39.4. The number of fused-ring (bicyclic) bond motifs is 2. The lowest BCUT2D eigenvalue weighted by molar-refractivity contribution is -0.112. The molecule has 4 aliphatic heterocycles. The Balaban J connectivity index is 0.978. The van der Waals surface area contributed by atoms with Crippen LogP contribution in [0.1, 0.15) is 58.9 Å². The first kappa shape index (κ1) is 31.4. The van der Waals surface area contributed by atoms with Gasteiger partial charge in [0.25, 0.3) is 0 Å². The number of benzene rings is 1. The van der Waals surface area contributed by atoms with Crippen molar-refractivity contribution in [1.29, 1.82) is 0 Å². The fourth-order valence-corrected chi connectivity index (χ4v) is 7.81. The maximum atomic E-state index is 11.0. The summed E-state index contributed by atoms with van der Waals surface area (Å²) in [5.74, 6) is 0.685. The number of nitrogens with two attached hydrogens (primary N) is 1. The number of aliphatic hydroxyl groups excluding tert-OH is 2. The van der Waals surface area contributed by atoms with Crippen LogP contribution in [0.25, 0.3) is 0 Å². The molecule has 12 heteroatoms. The van der Waals surface area contributed by atoms with Crippen molar-refractivity contribution in [2.24, 2.45) is 11.7 Å². The molecule has 0 bridgehead atoms. The van der Waals surface area contributed by atoms with Crippen LogP contribution in [0.5, 0.6) is 0 Å². The summed E-state index contributed by atoms with van der Waals surface area (Å²) in [7, 11) is 1.76. The van der Waals surface area contributed by atoms with E-state index in [2.05, 4.69) is 82.3 Å². The summed E-state index contributed by atoms with van der Waals surface area (Å²) in [6.45, 7) is 11.3. The first-order valence-electron chi connectivity index (χ1n) is 16.2. The van der Waals surface area contributed by atoms with Crippen LogP contribution in [0.15, 0.2) is 18.2 Å². The number of nitrogens with zero attached hydrogens (tertiary/aromatic N) is 2. The average molecular weight is 603 g/mol. The summed E-state index contributed by atoms with van der Waals surface area (Å²) in [4.78, 5) is 4.53. The smallest absolute Gasteiger partial charge is 0.142 e. The van der Waals surface area contributed by atoms with Crippen LogP contribution in [0.4, 0.5) is 11.4 Å². The van der Waals surface area contributed by atoms with Crippen LogP contribution in [-0.2, 0) is 14.9 Å². The Kier molecular flexibility index (Phi) is 9.25. The van der Waals surface area contributed by atoms with Gasteiger partial charge < -0.3 is 36.1 Å². The molecule has 4 fully saturated rings. The van der Waals surface area contributed by atoms with Crippen LogP contribution in [0.2, 0.25) is 0 Å². The molecule has 9 N–H and O–H groups in total. The Morgan fingerprint density at radius 3 is 2.60 bits per heavy atom. The monoisotopic (exact) mass is 602 g/mol. The molecule has 3 saturated heterocycles. The highest BCUT2D eigenvalue weighted by Gasteiger charge is 2.52. The van der Waals surface area contributed by atoms with Crippen molar-refractivity contribution in [2.45, 2.75) is 120 Å². The molecule has 12 nitrogen and oxygen atoms in total. The average Bonchev–Trinajstić information content (AvgIpc) is 3.63. The molecular weight excluding hydrogens is 548 g/mol. The summed E-state index contributed by atoms with van der Waals surface area (Å²) in [6, 6.07) is 7.45. The van der Waals surface area contributed by atoms with Crippen molar-refractivity contribution in [3.63, 3.8) is 0 Å². The third-order valence-electron chi connectivity index (χ3n) is 10.5. The van der Waals surface area contributed by atoms with Crippen molar-refractivity contribution in [3.05, 3.63) is 23.8 Å². The SMILES string of the molecule is COCC(C)(C)c1ccc2c(c1)NC(CC[C@H]1C[C@H](N(C[C@H]3OC(N4CNC5C(N)NCNC54)[C@H](O)[C@@H]3O)C(C)C)C1)N2. The lowest BCUT2D eigenvalue weighted by atomic mass is 9.76. The van der Waals surface area contributed by atoms with Gasteiger partial charge in [0.15, 0.2) is 0 Å². The van der Waals surface area contributed by atoms with Crippen molar-refractivity contribution >= 4 is 11.4 Å². The molecule has 0 radical (unpaired) electrons. The fourth-order valence-electron chi connectivity index (χ4n) is 7.81. The van der Waals surface area contributed by atoms with Gasteiger partial charge in [-0.25, -0.2) is 4.90 Å². The van der Waals surface area contributed by atoms with E-state index in [9.17, 15) is 10.2 Å². The van der Waals surface area contributed by atoms with Gasteiger partial charge in [0.1, 0.15) is 24.5 Å². The number of rotatable bonds is 11. The van der Waals surface area contributed by atoms with Gasteiger partial charge in [-0.15, -0.1) is 0 Å². The molecule has 1 saturated carbocycles. The topological polar surface area (TPSA) is 152 Å². The molecule has 1 aromatic rings. The number of hydrogen-bond donors (Lipinski definition) is 8. The first-order chi connectivity index (χ1) is 20.6. The summed E-state index contributed by atoms with van der Waals surface area (Å²) in [6.07, 6.45) is 1.62. The minimum Gasteiger partial charge on any atom is -0.387 e. The van der Waals surface area contributed by atoms with Crippen molar-refractivity contribution in [1.82, 2.24) is 25.8 Å². The third-order valence-corrected chi connectivity index (χ3v) is 10.5. The molecular formula is C31H54N8O4. The van der Waals surface area contributed by atoms with Gasteiger partial charge in [0, 0.05) is 37.8 Å². The molecule has 6 rings (SSSR count). The lowest BCUT2D eigenvalue weighted by Gasteiger charge is -2.46. The van der Waals surface area contributed by atoms with E-state index in [1.165, 1.54) is 23.4 Å².